The van der Waals surface area contributed by atoms with Crippen molar-refractivity contribution < 1.29 is 11.9 Å². The van der Waals surface area contributed by atoms with E-state index in [0.29, 0.717) is 8.87 Å². The normalized spacial score (nSPS) is 10.3. The van der Waals surface area contributed by atoms with Gasteiger partial charge in [0, 0.05) is 0 Å². The summed E-state index contributed by atoms with van der Waals surface area (Å²) in [6.45, 7) is 0. The summed E-state index contributed by atoms with van der Waals surface area (Å²) in [5.74, 6) is -0.568. The van der Waals surface area contributed by atoms with Crippen LogP contribution in [0, 0.1) is 11.6 Å². The molecule has 4 heteroatoms. The Kier molecular flexibility index (Phi) is 4.58. The van der Waals surface area contributed by atoms with Crippen LogP contribution >= 0.6 is 0 Å². The zero-order valence-corrected chi connectivity index (χ0v) is 12.6. The van der Waals surface area contributed by atoms with Crippen LogP contribution in [-0.4, -0.2) is 19.7 Å². The van der Waals surface area contributed by atoms with Crippen molar-refractivity contribution >= 4 is 19.7 Å². The summed E-state index contributed by atoms with van der Waals surface area (Å²) in [6, 6.07) is 12.2. The number of benzene rings is 2. The van der Waals surface area contributed by atoms with Gasteiger partial charge < -0.3 is 0 Å². The molecular weight excluding hydrogens is 341 g/mol. The first-order valence-corrected chi connectivity index (χ1v) is 10.8. The zero-order chi connectivity index (χ0) is 13.0. The van der Waals surface area contributed by atoms with E-state index in [1.54, 1.807) is 24.3 Å². The molecule has 0 radical (unpaired) electrons. The molecule has 0 aliphatic heterocycles. The molecule has 92 valence electrons. The van der Waals surface area contributed by atoms with E-state index in [1.165, 1.54) is 24.3 Å². The zero-order valence-electron chi connectivity index (χ0n) is 9.70. The molecule has 0 amide bonds. The summed E-state index contributed by atoms with van der Waals surface area (Å²) in [4.78, 5) is 0. The standard InChI is InChI=1S/2C7H6F.O.Sn/c2*1-6-2-4-7(8)5-3-6;;/h2*2-5H,1H2;;. The second kappa shape index (κ2) is 6.18. The quantitative estimate of drug-likeness (QED) is 0.772. The summed E-state index contributed by atoms with van der Waals surface area (Å²) in [5.41, 5.74) is 1.81. The molecule has 0 N–H and O–H groups in total. The van der Waals surface area contributed by atoms with Crippen LogP contribution in [0.3, 0.4) is 0 Å². The van der Waals surface area contributed by atoms with Crippen LogP contribution < -0.4 is 0 Å². The van der Waals surface area contributed by atoms with Gasteiger partial charge in [0.05, 0.1) is 0 Å². The van der Waals surface area contributed by atoms with E-state index in [-0.39, 0.29) is 11.6 Å². The molecule has 2 rings (SSSR count). The van der Waals surface area contributed by atoms with Gasteiger partial charge in [0.25, 0.3) is 0 Å². The molecular formula is C14H12F2OSn. The fourth-order valence-electron chi connectivity index (χ4n) is 1.72. The molecule has 0 fully saturated rings. The van der Waals surface area contributed by atoms with E-state index < -0.39 is 19.7 Å². The van der Waals surface area contributed by atoms with Crippen LogP contribution in [-0.2, 0) is 12.0 Å². The first-order chi connectivity index (χ1) is 8.63. The summed E-state index contributed by atoms with van der Waals surface area (Å²) < 4.78 is 38.5. The van der Waals surface area contributed by atoms with E-state index in [0.717, 1.165) is 11.1 Å². The first kappa shape index (κ1) is 13.3. The molecule has 2 aromatic carbocycles. The summed E-state index contributed by atoms with van der Waals surface area (Å²) in [7, 11) is 0. The second-order valence-corrected chi connectivity index (χ2v) is 9.24. The minimum atomic E-state index is -2.75. The van der Waals surface area contributed by atoms with E-state index in [1.807, 2.05) is 0 Å². The monoisotopic (exact) mass is 354 g/mol. The van der Waals surface area contributed by atoms with Crippen LogP contribution in [0.25, 0.3) is 0 Å². The number of halogens is 2. The molecule has 0 bridgehead atoms. The van der Waals surface area contributed by atoms with Gasteiger partial charge in [-0.15, -0.1) is 0 Å². The third-order valence-corrected chi connectivity index (χ3v) is 7.21. The molecule has 2 aromatic rings. The molecule has 0 saturated heterocycles. The molecule has 0 aliphatic rings. The van der Waals surface area contributed by atoms with E-state index in [4.69, 9.17) is 0 Å². The molecule has 18 heavy (non-hydrogen) atoms. The van der Waals surface area contributed by atoms with Gasteiger partial charge in [0.2, 0.25) is 0 Å². The number of rotatable bonds is 4. The summed E-state index contributed by atoms with van der Waals surface area (Å²) in [5, 5.41) is 0. The molecule has 0 aliphatic carbocycles. The van der Waals surface area contributed by atoms with E-state index >= 15 is 0 Å². The number of hydrogen-bond donors (Lipinski definition) is 0. The van der Waals surface area contributed by atoms with E-state index in [2.05, 4.69) is 0 Å². The Labute approximate surface area is 112 Å². The van der Waals surface area contributed by atoms with Crippen LogP contribution in [0.15, 0.2) is 48.5 Å². The molecule has 1 nitrogen and oxygen atoms in total. The van der Waals surface area contributed by atoms with Crippen LogP contribution in [0.4, 0.5) is 8.78 Å². The molecule has 0 spiro atoms. The van der Waals surface area contributed by atoms with Crippen molar-refractivity contribution in [2.24, 2.45) is 0 Å². The minimum absolute atomic E-state index is 0.284. The third kappa shape index (κ3) is 3.98. The van der Waals surface area contributed by atoms with Crippen LogP contribution in [0.1, 0.15) is 11.1 Å². The van der Waals surface area contributed by atoms with Crippen molar-refractivity contribution in [3.8, 4) is 0 Å². The molecule has 0 saturated carbocycles. The Hall–Kier alpha value is -1.10. The van der Waals surface area contributed by atoms with Gasteiger partial charge >= 0.3 is 112 Å². The van der Waals surface area contributed by atoms with Crippen molar-refractivity contribution in [3.63, 3.8) is 0 Å². The Morgan fingerprint density at radius 1 is 0.722 bits per heavy atom. The molecule has 0 atom stereocenters. The van der Waals surface area contributed by atoms with Gasteiger partial charge in [0.1, 0.15) is 0 Å². The Bertz CT molecular complexity index is 485. The number of hydrogen-bond acceptors (Lipinski definition) is 1. The second-order valence-electron chi connectivity index (χ2n) is 4.15. The Morgan fingerprint density at radius 2 is 1.06 bits per heavy atom. The van der Waals surface area contributed by atoms with Crippen LogP contribution in [0.2, 0.25) is 0 Å². The molecule has 0 unspecified atom stereocenters. The first-order valence-electron chi connectivity index (χ1n) is 5.64. The molecule has 0 aromatic heterocycles. The topological polar surface area (TPSA) is 17.1 Å². The maximum absolute atomic E-state index is 12.7. The van der Waals surface area contributed by atoms with Crippen molar-refractivity contribution in [2.75, 3.05) is 0 Å². The third-order valence-electron chi connectivity index (χ3n) is 2.63. The fourth-order valence-corrected chi connectivity index (χ4v) is 6.02. The Morgan fingerprint density at radius 3 is 1.39 bits per heavy atom. The Balaban J connectivity index is 1.96. The van der Waals surface area contributed by atoms with Crippen molar-refractivity contribution in [1.29, 1.82) is 0 Å². The summed E-state index contributed by atoms with van der Waals surface area (Å²) >= 11 is -2.75. The average molecular weight is 353 g/mol. The van der Waals surface area contributed by atoms with Gasteiger partial charge in [-0.1, -0.05) is 0 Å². The van der Waals surface area contributed by atoms with Gasteiger partial charge in [0.15, 0.2) is 0 Å². The maximum atomic E-state index is 12.7. The summed E-state index contributed by atoms with van der Waals surface area (Å²) in [6.07, 6.45) is 0. The predicted octanol–water partition coefficient (Wildman–Crippen LogP) is 3.25. The van der Waals surface area contributed by atoms with Crippen molar-refractivity contribution in [1.82, 2.24) is 0 Å². The van der Waals surface area contributed by atoms with Gasteiger partial charge in [-0.3, -0.25) is 0 Å². The predicted molar refractivity (Wildman–Crippen MR) is 66.6 cm³/mol. The SMILES string of the molecule is [O]=[Sn]([CH2]c1ccc(F)cc1)[CH2]c1ccc(F)cc1. The van der Waals surface area contributed by atoms with Crippen molar-refractivity contribution in [3.05, 3.63) is 71.3 Å². The van der Waals surface area contributed by atoms with E-state index in [9.17, 15) is 11.9 Å². The average Bonchev–Trinajstić information content (AvgIpc) is 2.35. The van der Waals surface area contributed by atoms with Gasteiger partial charge in [-0.2, -0.15) is 0 Å². The van der Waals surface area contributed by atoms with Gasteiger partial charge in [-0.05, 0) is 0 Å². The van der Waals surface area contributed by atoms with Crippen molar-refractivity contribution in [2.45, 2.75) is 8.87 Å². The fraction of sp³-hybridized carbons (Fsp3) is 0.143. The van der Waals surface area contributed by atoms with Crippen LogP contribution in [0.5, 0.6) is 0 Å². The van der Waals surface area contributed by atoms with Gasteiger partial charge in [-0.25, -0.2) is 0 Å². The molecule has 0 heterocycles.